The molecule has 5 heteroatoms. The Bertz CT molecular complexity index is 675. The number of hydrogen-bond donors (Lipinski definition) is 2. The molecule has 1 atom stereocenters. The Morgan fingerprint density at radius 2 is 2.00 bits per heavy atom. The van der Waals surface area contributed by atoms with Gasteiger partial charge < -0.3 is 10.4 Å². The van der Waals surface area contributed by atoms with E-state index >= 15 is 0 Å². The maximum absolute atomic E-state index is 12.3. The number of hydrogen-bond acceptors (Lipinski definition) is 4. The summed E-state index contributed by atoms with van der Waals surface area (Å²) in [6.45, 7) is 1.64. The van der Waals surface area contributed by atoms with Gasteiger partial charge in [-0.05, 0) is 30.7 Å². The molecule has 2 N–H and O–H groups in total. The average Bonchev–Trinajstić information content (AvgIpc) is 2.54. The summed E-state index contributed by atoms with van der Waals surface area (Å²) in [4.78, 5) is 20.2. The number of carbonyl (C=O) groups is 1. The van der Waals surface area contributed by atoms with Crippen molar-refractivity contribution in [3.63, 3.8) is 0 Å². The Morgan fingerprint density at radius 3 is 2.71 bits per heavy atom. The molecule has 5 nitrogen and oxygen atoms in total. The number of amides is 1. The van der Waals surface area contributed by atoms with Gasteiger partial charge in [0.05, 0.1) is 17.2 Å². The van der Waals surface area contributed by atoms with Crippen molar-refractivity contribution in [2.75, 3.05) is 6.61 Å². The Kier molecular flexibility index (Phi) is 5.02. The number of aromatic nitrogens is 2. The first-order chi connectivity index (χ1) is 10.2. The number of pyridine rings is 2. The fraction of sp³-hybridized carbons (Fsp3) is 0.188. The zero-order chi connectivity index (χ0) is 15.1. The van der Waals surface area contributed by atoms with E-state index in [1.54, 1.807) is 18.5 Å². The average molecular weight is 281 g/mol. The molecule has 2 heterocycles. The first-order valence-corrected chi connectivity index (χ1v) is 6.47. The molecule has 2 rings (SSSR count). The summed E-state index contributed by atoms with van der Waals surface area (Å²) >= 11 is 0. The molecule has 1 unspecified atom stereocenters. The van der Waals surface area contributed by atoms with Gasteiger partial charge in [-0.2, -0.15) is 0 Å². The standard InChI is InChI=1S/C16H15N3O2/c1-12(13-4-7-17-8-5-13)19-16(21)15-6-9-18-11-14(15)3-2-10-20/h4-9,11-12,20H,10H2,1H3,(H,19,21). The van der Waals surface area contributed by atoms with Crippen LogP contribution in [-0.2, 0) is 0 Å². The molecule has 106 valence electrons. The van der Waals surface area contributed by atoms with Crippen molar-refractivity contribution in [1.82, 2.24) is 15.3 Å². The molecule has 0 aliphatic carbocycles. The second-order valence-electron chi connectivity index (χ2n) is 4.36. The molecular weight excluding hydrogens is 266 g/mol. The molecule has 0 bridgehead atoms. The van der Waals surface area contributed by atoms with Gasteiger partial charge in [0.1, 0.15) is 6.61 Å². The number of carbonyl (C=O) groups excluding carboxylic acids is 1. The Hall–Kier alpha value is -2.71. The molecule has 0 saturated carbocycles. The summed E-state index contributed by atoms with van der Waals surface area (Å²) in [6, 6.07) is 5.16. The largest absolute Gasteiger partial charge is 0.384 e. The van der Waals surface area contributed by atoms with E-state index < -0.39 is 0 Å². The molecule has 0 radical (unpaired) electrons. The van der Waals surface area contributed by atoms with Gasteiger partial charge >= 0.3 is 0 Å². The van der Waals surface area contributed by atoms with Crippen LogP contribution in [0.3, 0.4) is 0 Å². The number of aliphatic hydroxyl groups excluding tert-OH is 1. The van der Waals surface area contributed by atoms with Crippen LogP contribution in [0, 0.1) is 11.8 Å². The molecule has 0 aliphatic heterocycles. The molecule has 21 heavy (non-hydrogen) atoms. The predicted molar refractivity (Wildman–Crippen MR) is 78.3 cm³/mol. The minimum absolute atomic E-state index is 0.146. The van der Waals surface area contributed by atoms with Crippen LogP contribution < -0.4 is 5.32 Å². The summed E-state index contributed by atoms with van der Waals surface area (Å²) < 4.78 is 0. The first-order valence-electron chi connectivity index (χ1n) is 6.47. The lowest BCUT2D eigenvalue weighted by Crippen LogP contribution is -2.27. The van der Waals surface area contributed by atoms with E-state index in [4.69, 9.17) is 5.11 Å². The van der Waals surface area contributed by atoms with Crippen LogP contribution >= 0.6 is 0 Å². The second-order valence-corrected chi connectivity index (χ2v) is 4.36. The van der Waals surface area contributed by atoms with E-state index in [9.17, 15) is 4.79 Å². The van der Waals surface area contributed by atoms with Crippen LogP contribution in [0.4, 0.5) is 0 Å². The molecule has 0 aromatic carbocycles. The zero-order valence-corrected chi connectivity index (χ0v) is 11.6. The number of nitrogens with one attached hydrogen (secondary N) is 1. The van der Waals surface area contributed by atoms with Crippen molar-refractivity contribution in [3.05, 3.63) is 59.7 Å². The Morgan fingerprint density at radius 1 is 1.29 bits per heavy atom. The monoisotopic (exact) mass is 281 g/mol. The molecule has 0 spiro atoms. The topological polar surface area (TPSA) is 75.1 Å². The van der Waals surface area contributed by atoms with E-state index in [0.717, 1.165) is 5.56 Å². The minimum atomic E-state index is -0.261. The van der Waals surface area contributed by atoms with Crippen molar-refractivity contribution >= 4 is 5.91 Å². The highest BCUT2D eigenvalue weighted by atomic mass is 16.2. The predicted octanol–water partition coefficient (Wildman–Crippen LogP) is 1.31. The van der Waals surface area contributed by atoms with E-state index in [0.29, 0.717) is 11.1 Å². The molecule has 1 amide bonds. The van der Waals surface area contributed by atoms with Gasteiger partial charge in [0.25, 0.3) is 5.91 Å². The maximum Gasteiger partial charge on any atom is 0.253 e. The van der Waals surface area contributed by atoms with Crippen LogP contribution in [0.2, 0.25) is 0 Å². The van der Waals surface area contributed by atoms with Gasteiger partial charge in [-0.1, -0.05) is 11.8 Å². The highest BCUT2D eigenvalue weighted by Gasteiger charge is 2.14. The smallest absolute Gasteiger partial charge is 0.253 e. The second kappa shape index (κ2) is 7.17. The van der Waals surface area contributed by atoms with Crippen molar-refractivity contribution in [3.8, 4) is 11.8 Å². The lowest BCUT2D eigenvalue weighted by molar-refractivity contribution is 0.0939. The summed E-state index contributed by atoms with van der Waals surface area (Å²) in [5, 5.41) is 11.7. The quantitative estimate of drug-likeness (QED) is 0.832. The summed E-state index contributed by atoms with van der Waals surface area (Å²) in [5.41, 5.74) is 1.90. The van der Waals surface area contributed by atoms with Gasteiger partial charge in [0.15, 0.2) is 0 Å². The van der Waals surface area contributed by atoms with Crippen molar-refractivity contribution in [2.24, 2.45) is 0 Å². The molecular formula is C16H15N3O2. The van der Waals surface area contributed by atoms with Crippen molar-refractivity contribution in [1.29, 1.82) is 0 Å². The highest BCUT2D eigenvalue weighted by molar-refractivity contribution is 5.96. The number of nitrogens with zero attached hydrogens (tertiary/aromatic N) is 2. The number of aliphatic hydroxyl groups is 1. The van der Waals surface area contributed by atoms with Gasteiger partial charge in [-0.15, -0.1) is 0 Å². The van der Waals surface area contributed by atoms with E-state index in [2.05, 4.69) is 27.1 Å². The van der Waals surface area contributed by atoms with Crippen LogP contribution in [0.5, 0.6) is 0 Å². The molecule has 0 saturated heterocycles. The van der Waals surface area contributed by atoms with Crippen LogP contribution in [-0.4, -0.2) is 27.6 Å². The summed E-state index contributed by atoms with van der Waals surface area (Å²) in [6.07, 6.45) is 6.41. The fourth-order valence-electron chi connectivity index (χ4n) is 1.84. The van der Waals surface area contributed by atoms with E-state index in [1.165, 1.54) is 12.4 Å². The molecule has 2 aromatic rings. The SMILES string of the molecule is CC(NC(=O)c1ccncc1C#CCO)c1ccncc1. The van der Waals surface area contributed by atoms with E-state index in [-0.39, 0.29) is 18.6 Å². The van der Waals surface area contributed by atoms with E-state index in [1.807, 2.05) is 19.1 Å². The zero-order valence-electron chi connectivity index (χ0n) is 11.6. The normalized spacial score (nSPS) is 11.1. The van der Waals surface area contributed by atoms with Gasteiger partial charge in [0.2, 0.25) is 0 Å². The minimum Gasteiger partial charge on any atom is -0.384 e. The van der Waals surface area contributed by atoms with Gasteiger partial charge in [-0.3, -0.25) is 14.8 Å². The van der Waals surface area contributed by atoms with Crippen molar-refractivity contribution in [2.45, 2.75) is 13.0 Å². The van der Waals surface area contributed by atoms with Crippen LogP contribution in [0.15, 0.2) is 43.0 Å². The number of rotatable bonds is 3. The third-order valence-corrected chi connectivity index (χ3v) is 2.92. The molecule has 0 fully saturated rings. The van der Waals surface area contributed by atoms with Gasteiger partial charge in [0, 0.05) is 24.8 Å². The lowest BCUT2D eigenvalue weighted by Gasteiger charge is -2.14. The summed E-state index contributed by atoms with van der Waals surface area (Å²) in [7, 11) is 0. The molecule has 0 aliphatic rings. The summed E-state index contributed by atoms with van der Waals surface area (Å²) in [5.74, 6) is 5.01. The molecule has 2 aromatic heterocycles. The third-order valence-electron chi connectivity index (χ3n) is 2.92. The highest BCUT2D eigenvalue weighted by Crippen LogP contribution is 2.13. The first kappa shape index (κ1) is 14.7. The third kappa shape index (κ3) is 3.88. The lowest BCUT2D eigenvalue weighted by atomic mass is 10.1. The Labute approximate surface area is 123 Å². The fourth-order valence-corrected chi connectivity index (χ4v) is 1.84. The Balaban J connectivity index is 2.17. The maximum atomic E-state index is 12.3. The van der Waals surface area contributed by atoms with Crippen molar-refractivity contribution < 1.29 is 9.90 Å². The van der Waals surface area contributed by atoms with Crippen LogP contribution in [0.25, 0.3) is 0 Å². The van der Waals surface area contributed by atoms with Gasteiger partial charge in [-0.25, -0.2) is 0 Å². The van der Waals surface area contributed by atoms with Crippen LogP contribution in [0.1, 0.15) is 34.5 Å².